The first kappa shape index (κ1) is 14.6. The van der Waals surface area contributed by atoms with Gasteiger partial charge in [-0.3, -0.25) is 4.79 Å². The largest absolute Gasteiger partial charge is 0.369 e. The number of nitrogens with two attached hydrogens (primary N) is 2. The highest BCUT2D eigenvalue weighted by Gasteiger charge is 2.09. The van der Waals surface area contributed by atoms with E-state index in [2.05, 4.69) is 9.97 Å². The Morgan fingerprint density at radius 1 is 1.04 bits per heavy atom. The van der Waals surface area contributed by atoms with E-state index in [0.717, 1.165) is 22.4 Å². The molecule has 1 aromatic heterocycles. The summed E-state index contributed by atoms with van der Waals surface area (Å²) in [5.74, 6) is -0.0988. The molecule has 0 saturated carbocycles. The van der Waals surface area contributed by atoms with Crippen molar-refractivity contribution < 1.29 is 4.79 Å². The van der Waals surface area contributed by atoms with Gasteiger partial charge in [-0.05, 0) is 22.8 Å². The summed E-state index contributed by atoms with van der Waals surface area (Å²) in [6, 6.07) is 17.1. The second kappa shape index (κ2) is 6.19. The number of primary amides is 1. The molecule has 1 heterocycles. The van der Waals surface area contributed by atoms with E-state index >= 15 is 0 Å². The Kier molecular flexibility index (Phi) is 3.93. The van der Waals surface area contributed by atoms with Gasteiger partial charge in [0.05, 0.1) is 11.9 Å². The first-order valence-electron chi connectivity index (χ1n) is 7.11. The van der Waals surface area contributed by atoms with E-state index in [1.54, 1.807) is 12.3 Å². The van der Waals surface area contributed by atoms with Gasteiger partial charge in [-0.2, -0.15) is 0 Å². The molecule has 0 spiro atoms. The smallest absolute Gasteiger partial charge is 0.249 e. The third-order valence-electron chi connectivity index (χ3n) is 3.48. The zero-order valence-electron chi connectivity index (χ0n) is 12.4. The van der Waals surface area contributed by atoms with Crippen LogP contribution >= 0.6 is 0 Å². The number of nitrogen functional groups attached to an aromatic ring is 1. The topological polar surface area (TPSA) is 97.8 Å². The Morgan fingerprint density at radius 2 is 1.74 bits per heavy atom. The van der Waals surface area contributed by atoms with E-state index in [1.165, 1.54) is 0 Å². The van der Waals surface area contributed by atoms with E-state index in [0.29, 0.717) is 11.5 Å². The minimum absolute atomic E-state index is 0.367. The third kappa shape index (κ3) is 3.29. The maximum Gasteiger partial charge on any atom is 0.249 e. The lowest BCUT2D eigenvalue weighted by molar-refractivity contribution is -0.112. The number of nitrogens with zero attached hydrogens (tertiary/aromatic N) is 1. The number of hydrogen-bond acceptors (Lipinski definition) is 3. The fourth-order valence-electron chi connectivity index (χ4n) is 2.33. The molecule has 5 heteroatoms. The van der Waals surface area contributed by atoms with Crippen LogP contribution in [0.3, 0.4) is 0 Å². The molecule has 23 heavy (non-hydrogen) atoms. The van der Waals surface area contributed by atoms with Gasteiger partial charge in [0.1, 0.15) is 0 Å². The lowest BCUT2D eigenvalue weighted by Gasteiger charge is -2.06. The first-order valence-corrected chi connectivity index (χ1v) is 7.11. The molecule has 2 aromatic carbocycles. The van der Waals surface area contributed by atoms with Gasteiger partial charge < -0.3 is 16.5 Å². The van der Waals surface area contributed by atoms with E-state index in [1.807, 2.05) is 54.6 Å². The van der Waals surface area contributed by atoms with Crippen LogP contribution in [0.4, 0.5) is 5.95 Å². The summed E-state index contributed by atoms with van der Waals surface area (Å²) in [5, 5.41) is 0. The Morgan fingerprint density at radius 3 is 2.30 bits per heavy atom. The predicted octanol–water partition coefficient (Wildman–Crippen LogP) is 2.68. The van der Waals surface area contributed by atoms with Gasteiger partial charge in [-0.1, -0.05) is 54.6 Å². The number of aromatic amines is 1. The van der Waals surface area contributed by atoms with Gasteiger partial charge >= 0.3 is 0 Å². The number of benzene rings is 2. The molecule has 3 aromatic rings. The molecular formula is C18H16N4O. The minimum atomic E-state index is -0.465. The SMILES string of the molecule is NC(=O)C(=Cc1ccccc1)c1ccc(-c2cnc(N)[nH]2)cc1. The first-order chi connectivity index (χ1) is 11.1. The van der Waals surface area contributed by atoms with Crippen LogP contribution in [0.1, 0.15) is 11.1 Å². The van der Waals surface area contributed by atoms with Crippen molar-refractivity contribution in [1.82, 2.24) is 9.97 Å². The van der Waals surface area contributed by atoms with Crippen LogP contribution < -0.4 is 11.5 Å². The Balaban J connectivity index is 1.95. The highest BCUT2D eigenvalue weighted by atomic mass is 16.1. The van der Waals surface area contributed by atoms with Crippen molar-refractivity contribution in [1.29, 1.82) is 0 Å². The van der Waals surface area contributed by atoms with Gasteiger partial charge in [-0.25, -0.2) is 4.98 Å². The normalized spacial score (nSPS) is 11.4. The van der Waals surface area contributed by atoms with Crippen molar-refractivity contribution in [2.24, 2.45) is 5.73 Å². The molecular weight excluding hydrogens is 288 g/mol. The molecule has 0 fully saturated rings. The lowest BCUT2D eigenvalue weighted by Crippen LogP contribution is -2.12. The van der Waals surface area contributed by atoms with Gasteiger partial charge in [0.25, 0.3) is 0 Å². The molecule has 1 amide bonds. The van der Waals surface area contributed by atoms with Crippen LogP contribution in [0.2, 0.25) is 0 Å². The quantitative estimate of drug-likeness (QED) is 0.510. The van der Waals surface area contributed by atoms with Crippen LogP contribution in [0.5, 0.6) is 0 Å². The van der Waals surface area contributed by atoms with E-state index in [9.17, 15) is 4.79 Å². The maximum atomic E-state index is 11.8. The molecule has 0 unspecified atom stereocenters. The van der Waals surface area contributed by atoms with Gasteiger partial charge in [0.2, 0.25) is 5.91 Å². The number of hydrogen-bond donors (Lipinski definition) is 3. The number of rotatable bonds is 4. The molecule has 3 rings (SSSR count). The second-order valence-corrected chi connectivity index (χ2v) is 5.09. The van der Waals surface area contributed by atoms with Crippen LogP contribution in [0.15, 0.2) is 60.8 Å². The number of amides is 1. The molecule has 0 bridgehead atoms. The summed E-state index contributed by atoms with van der Waals surface area (Å²) < 4.78 is 0. The molecule has 0 aliphatic heterocycles. The average Bonchev–Trinajstić information content (AvgIpc) is 3.00. The van der Waals surface area contributed by atoms with Crippen molar-refractivity contribution >= 4 is 23.5 Å². The molecule has 114 valence electrons. The standard InChI is InChI=1S/C18H16N4O/c19-17(23)15(10-12-4-2-1-3-5-12)13-6-8-14(9-7-13)16-11-21-18(20)22-16/h1-11H,(H2,19,23)(H3,20,21,22). The summed E-state index contributed by atoms with van der Waals surface area (Å²) in [6.45, 7) is 0. The van der Waals surface area contributed by atoms with Gasteiger partial charge in [0.15, 0.2) is 5.95 Å². The van der Waals surface area contributed by atoms with Crippen molar-refractivity contribution in [3.8, 4) is 11.3 Å². The zero-order valence-corrected chi connectivity index (χ0v) is 12.4. The minimum Gasteiger partial charge on any atom is -0.369 e. The molecule has 0 radical (unpaired) electrons. The summed E-state index contributed by atoms with van der Waals surface area (Å²) in [7, 11) is 0. The summed E-state index contributed by atoms with van der Waals surface area (Å²) >= 11 is 0. The molecule has 0 atom stereocenters. The number of aromatic nitrogens is 2. The monoisotopic (exact) mass is 304 g/mol. The van der Waals surface area contributed by atoms with Gasteiger partial charge in [-0.15, -0.1) is 0 Å². The molecule has 0 aliphatic carbocycles. The van der Waals surface area contributed by atoms with E-state index < -0.39 is 5.91 Å². The highest BCUT2D eigenvalue weighted by Crippen LogP contribution is 2.23. The molecule has 5 nitrogen and oxygen atoms in total. The highest BCUT2D eigenvalue weighted by molar-refractivity contribution is 6.23. The van der Waals surface area contributed by atoms with Crippen LogP contribution in [0.25, 0.3) is 22.9 Å². The summed E-state index contributed by atoms with van der Waals surface area (Å²) in [4.78, 5) is 18.7. The van der Waals surface area contributed by atoms with Crippen molar-refractivity contribution in [3.63, 3.8) is 0 Å². The maximum absolute atomic E-state index is 11.8. The van der Waals surface area contributed by atoms with E-state index in [-0.39, 0.29) is 0 Å². The van der Waals surface area contributed by atoms with E-state index in [4.69, 9.17) is 11.5 Å². The molecule has 0 saturated heterocycles. The fourth-order valence-corrected chi connectivity index (χ4v) is 2.33. The van der Waals surface area contributed by atoms with Crippen molar-refractivity contribution in [2.45, 2.75) is 0 Å². The molecule has 0 aliphatic rings. The van der Waals surface area contributed by atoms with Crippen LogP contribution in [-0.4, -0.2) is 15.9 Å². The third-order valence-corrected chi connectivity index (χ3v) is 3.48. The van der Waals surface area contributed by atoms with Crippen LogP contribution in [-0.2, 0) is 4.79 Å². The van der Waals surface area contributed by atoms with Gasteiger partial charge in [0, 0.05) is 5.57 Å². The number of carbonyl (C=O) groups is 1. The average molecular weight is 304 g/mol. The molecule has 5 N–H and O–H groups in total. The Hall–Kier alpha value is -3.34. The zero-order chi connectivity index (χ0) is 16.2. The lowest BCUT2D eigenvalue weighted by atomic mass is 10.0. The number of imidazole rings is 1. The van der Waals surface area contributed by atoms with Crippen molar-refractivity contribution in [3.05, 3.63) is 71.9 Å². The Bertz CT molecular complexity index is 848. The van der Waals surface area contributed by atoms with Crippen molar-refractivity contribution in [2.75, 3.05) is 5.73 Å². The van der Waals surface area contributed by atoms with Crippen LogP contribution in [0, 0.1) is 0 Å². The number of nitrogens with one attached hydrogen (secondary N) is 1. The number of anilines is 1. The summed E-state index contributed by atoms with van der Waals surface area (Å²) in [5.41, 5.74) is 15.0. The Labute approximate surface area is 133 Å². The fraction of sp³-hybridized carbons (Fsp3) is 0. The number of H-pyrrole nitrogens is 1. The predicted molar refractivity (Wildman–Crippen MR) is 91.9 cm³/mol. The summed E-state index contributed by atoms with van der Waals surface area (Å²) in [6.07, 6.45) is 3.45. The second-order valence-electron chi connectivity index (χ2n) is 5.09. The number of carbonyl (C=O) groups excluding carboxylic acids is 1.